The highest BCUT2D eigenvalue weighted by molar-refractivity contribution is 5.85. The van der Waals surface area contributed by atoms with Gasteiger partial charge in [-0.2, -0.15) is 5.10 Å². The standard InChI is InChI=1S/C12H16N4.ClH/c1-2-9-16-12(5-8-15-16)14-10-11-3-6-13-7-4-11;/h3-8,14H,2,9-10H2,1H3;1H. The van der Waals surface area contributed by atoms with Crippen LogP contribution in [-0.4, -0.2) is 14.8 Å². The number of pyridine rings is 1. The largest absolute Gasteiger partial charge is 0.366 e. The summed E-state index contributed by atoms with van der Waals surface area (Å²) < 4.78 is 1.99. The van der Waals surface area contributed by atoms with E-state index in [4.69, 9.17) is 0 Å². The van der Waals surface area contributed by atoms with Crippen LogP contribution in [0.1, 0.15) is 18.9 Å². The van der Waals surface area contributed by atoms with E-state index in [-0.39, 0.29) is 12.4 Å². The fourth-order valence-electron chi connectivity index (χ4n) is 1.57. The Bertz CT molecular complexity index is 427. The fraction of sp³-hybridized carbons (Fsp3) is 0.333. The molecule has 0 saturated carbocycles. The van der Waals surface area contributed by atoms with Crippen LogP contribution in [0.4, 0.5) is 5.82 Å². The van der Waals surface area contributed by atoms with Gasteiger partial charge in [0.15, 0.2) is 0 Å². The maximum Gasteiger partial charge on any atom is 0.124 e. The van der Waals surface area contributed by atoms with Gasteiger partial charge >= 0.3 is 0 Å². The maximum atomic E-state index is 4.26. The van der Waals surface area contributed by atoms with E-state index < -0.39 is 0 Å². The highest BCUT2D eigenvalue weighted by atomic mass is 35.5. The molecule has 2 rings (SSSR count). The minimum atomic E-state index is 0. The molecule has 5 heteroatoms. The molecule has 0 spiro atoms. The number of aryl methyl sites for hydroxylation is 1. The SMILES string of the molecule is CCCn1nccc1NCc1ccncc1.Cl. The summed E-state index contributed by atoms with van der Waals surface area (Å²) in [5.41, 5.74) is 1.22. The Morgan fingerprint density at radius 3 is 2.65 bits per heavy atom. The van der Waals surface area contributed by atoms with Crippen molar-refractivity contribution in [2.24, 2.45) is 0 Å². The Hall–Kier alpha value is -1.55. The first-order valence-electron chi connectivity index (χ1n) is 5.54. The molecule has 2 aromatic heterocycles. The van der Waals surface area contributed by atoms with Crippen LogP contribution < -0.4 is 5.32 Å². The molecular weight excluding hydrogens is 236 g/mol. The third-order valence-corrected chi connectivity index (χ3v) is 2.37. The Morgan fingerprint density at radius 2 is 1.94 bits per heavy atom. The van der Waals surface area contributed by atoms with Gasteiger partial charge in [0, 0.05) is 31.5 Å². The topological polar surface area (TPSA) is 42.7 Å². The van der Waals surface area contributed by atoms with Crippen molar-refractivity contribution in [3.8, 4) is 0 Å². The fourth-order valence-corrected chi connectivity index (χ4v) is 1.57. The van der Waals surface area contributed by atoms with E-state index >= 15 is 0 Å². The van der Waals surface area contributed by atoms with Crippen LogP contribution in [0.25, 0.3) is 0 Å². The zero-order valence-corrected chi connectivity index (χ0v) is 10.7. The third kappa shape index (κ3) is 3.75. The second kappa shape index (κ2) is 6.91. The van der Waals surface area contributed by atoms with Crippen LogP contribution >= 0.6 is 12.4 Å². The molecule has 0 aliphatic rings. The molecule has 0 fully saturated rings. The van der Waals surface area contributed by atoms with Crippen molar-refractivity contribution >= 4 is 18.2 Å². The van der Waals surface area contributed by atoms with Crippen LogP contribution in [0.5, 0.6) is 0 Å². The van der Waals surface area contributed by atoms with Crippen molar-refractivity contribution in [3.05, 3.63) is 42.4 Å². The first-order chi connectivity index (χ1) is 7.90. The van der Waals surface area contributed by atoms with Crippen molar-refractivity contribution < 1.29 is 0 Å². The van der Waals surface area contributed by atoms with Gasteiger partial charge in [0.05, 0.1) is 6.20 Å². The average Bonchev–Trinajstić information content (AvgIpc) is 2.76. The van der Waals surface area contributed by atoms with Crippen LogP contribution in [0.3, 0.4) is 0 Å². The number of nitrogens with zero attached hydrogens (tertiary/aromatic N) is 3. The molecule has 1 N–H and O–H groups in total. The minimum absolute atomic E-state index is 0. The van der Waals surface area contributed by atoms with Gasteiger partial charge in [-0.3, -0.25) is 4.98 Å². The lowest BCUT2D eigenvalue weighted by Crippen LogP contribution is -2.07. The molecule has 0 aliphatic carbocycles. The van der Waals surface area contributed by atoms with Gasteiger partial charge in [-0.15, -0.1) is 12.4 Å². The van der Waals surface area contributed by atoms with Crippen molar-refractivity contribution in [3.63, 3.8) is 0 Å². The summed E-state index contributed by atoms with van der Waals surface area (Å²) in [6.07, 6.45) is 6.52. The van der Waals surface area contributed by atoms with Crippen molar-refractivity contribution in [2.75, 3.05) is 5.32 Å². The minimum Gasteiger partial charge on any atom is -0.366 e. The van der Waals surface area contributed by atoms with Crippen molar-refractivity contribution in [2.45, 2.75) is 26.4 Å². The lowest BCUT2D eigenvalue weighted by atomic mass is 10.3. The Morgan fingerprint density at radius 1 is 1.18 bits per heavy atom. The summed E-state index contributed by atoms with van der Waals surface area (Å²) in [6.45, 7) is 3.90. The van der Waals surface area contributed by atoms with Gasteiger partial charge < -0.3 is 5.32 Å². The van der Waals surface area contributed by atoms with Gasteiger partial charge in [0.2, 0.25) is 0 Å². The van der Waals surface area contributed by atoms with E-state index in [1.54, 1.807) is 12.4 Å². The molecule has 0 radical (unpaired) electrons. The van der Waals surface area contributed by atoms with Gasteiger partial charge in [0.25, 0.3) is 0 Å². The summed E-state index contributed by atoms with van der Waals surface area (Å²) in [7, 11) is 0. The second-order valence-corrected chi connectivity index (χ2v) is 3.65. The summed E-state index contributed by atoms with van der Waals surface area (Å²) in [4.78, 5) is 3.99. The van der Waals surface area contributed by atoms with Crippen LogP contribution in [0.15, 0.2) is 36.8 Å². The summed E-state index contributed by atoms with van der Waals surface area (Å²) in [6, 6.07) is 6.01. The van der Waals surface area contributed by atoms with Crippen molar-refractivity contribution in [1.82, 2.24) is 14.8 Å². The number of aromatic nitrogens is 3. The maximum absolute atomic E-state index is 4.26. The monoisotopic (exact) mass is 252 g/mol. The van der Waals surface area contributed by atoms with Gasteiger partial charge in [-0.1, -0.05) is 6.92 Å². The molecule has 0 aromatic carbocycles. The zero-order chi connectivity index (χ0) is 11.2. The van der Waals surface area contributed by atoms with Gasteiger partial charge in [0.1, 0.15) is 5.82 Å². The molecule has 0 bridgehead atoms. The van der Waals surface area contributed by atoms with E-state index in [1.807, 2.05) is 29.1 Å². The molecule has 4 nitrogen and oxygen atoms in total. The average molecular weight is 253 g/mol. The Labute approximate surface area is 107 Å². The Kier molecular flexibility index (Phi) is 5.49. The van der Waals surface area contributed by atoms with E-state index in [2.05, 4.69) is 22.3 Å². The lowest BCUT2D eigenvalue weighted by Gasteiger charge is -2.08. The highest BCUT2D eigenvalue weighted by Gasteiger charge is 2.00. The van der Waals surface area contributed by atoms with Gasteiger partial charge in [-0.25, -0.2) is 4.68 Å². The van der Waals surface area contributed by atoms with E-state index in [0.717, 1.165) is 25.3 Å². The first-order valence-corrected chi connectivity index (χ1v) is 5.54. The summed E-state index contributed by atoms with van der Waals surface area (Å²) in [5.74, 6) is 1.07. The third-order valence-electron chi connectivity index (χ3n) is 2.37. The molecule has 0 unspecified atom stereocenters. The smallest absolute Gasteiger partial charge is 0.124 e. The normalized spacial score (nSPS) is 9.71. The molecule has 0 saturated heterocycles. The predicted octanol–water partition coefficient (Wildman–Crippen LogP) is 2.72. The number of nitrogens with one attached hydrogen (secondary N) is 1. The molecular formula is C12H17ClN4. The molecule has 2 heterocycles. The van der Waals surface area contributed by atoms with Gasteiger partial charge in [-0.05, 0) is 24.1 Å². The quantitative estimate of drug-likeness (QED) is 0.890. The second-order valence-electron chi connectivity index (χ2n) is 3.65. The molecule has 0 aliphatic heterocycles. The van der Waals surface area contributed by atoms with E-state index in [0.29, 0.717) is 0 Å². The van der Waals surface area contributed by atoms with Crippen LogP contribution in [0, 0.1) is 0 Å². The van der Waals surface area contributed by atoms with Crippen molar-refractivity contribution in [1.29, 1.82) is 0 Å². The molecule has 2 aromatic rings. The lowest BCUT2D eigenvalue weighted by molar-refractivity contribution is 0.607. The Balaban J connectivity index is 0.00000144. The van der Waals surface area contributed by atoms with Crippen LogP contribution in [0.2, 0.25) is 0 Å². The highest BCUT2D eigenvalue weighted by Crippen LogP contribution is 2.08. The van der Waals surface area contributed by atoms with E-state index in [9.17, 15) is 0 Å². The zero-order valence-electron chi connectivity index (χ0n) is 9.84. The predicted molar refractivity (Wildman–Crippen MR) is 71.3 cm³/mol. The molecule has 92 valence electrons. The van der Waals surface area contributed by atoms with E-state index in [1.165, 1.54) is 5.56 Å². The van der Waals surface area contributed by atoms with Crippen LogP contribution in [-0.2, 0) is 13.1 Å². The number of halogens is 1. The molecule has 0 amide bonds. The molecule has 0 atom stereocenters. The number of anilines is 1. The summed E-state index contributed by atoms with van der Waals surface area (Å²) in [5, 5.41) is 7.63. The first kappa shape index (κ1) is 13.5. The number of hydrogen-bond donors (Lipinski definition) is 1. The molecule has 17 heavy (non-hydrogen) atoms. The summed E-state index contributed by atoms with van der Waals surface area (Å²) >= 11 is 0. The number of hydrogen-bond acceptors (Lipinski definition) is 3. The number of rotatable bonds is 5.